The predicted molar refractivity (Wildman–Crippen MR) is 74.4 cm³/mol. The maximum absolute atomic E-state index is 13.6. The van der Waals surface area contributed by atoms with Crippen LogP contribution in [0.2, 0.25) is 0 Å². The number of anilines is 1. The van der Waals surface area contributed by atoms with Gasteiger partial charge in [-0.25, -0.2) is 14.4 Å². The number of halogens is 2. The van der Waals surface area contributed by atoms with Crippen molar-refractivity contribution in [1.29, 1.82) is 0 Å². The predicted octanol–water partition coefficient (Wildman–Crippen LogP) is 3.96. The van der Waals surface area contributed by atoms with Crippen LogP contribution in [0, 0.1) is 5.82 Å². The number of aromatic nitrogens is 2. The molecule has 1 N–H and O–H groups in total. The second-order valence-electron chi connectivity index (χ2n) is 3.41. The summed E-state index contributed by atoms with van der Waals surface area (Å²) in [6, 6.07) is 6.62. The second kappa shape index (κ2) is 6.15. The number of nitrogens with zero attached hydrogens (tertiary/aromatic N) is 2. The summed E-state index contributed by atoms with van der Waals surface area (Å²) in [6.07, 6.45) is 1.66. The van der Waals surface area contributed by atoms with Gasteiger partial charge < -0.3 is 5.32 Å². The minimum Gasteiger partial charge on any atom is -0.354 e. The van der Waals surface area contributed by atoms with Gasteiger partial charge in [-0.2, -0.15) is 0 Å². The van der Waals surface area contributed by atoms with Crippen LogP contribution in [0.5, 0.6) is 0 Å². The van der Waals surface area contributed by atoms with Crippen molar-refractivity contribution in [2.24, 2.45) is 0 Å². The Balaban J connectivity index is 2.28. The highest BCUT2D eigenvalue weighted by Crippen LogP contribution is 2.33. The van der Waals surface area contributed by atoms with E-state index >= 15 is 0 Å². The van der Waals surface area contributed by atoms with Gasteiger partial charge >= 0.3 is 0 Å². The quantitative estimate of drug-likeness (QED) is 0.862. The number of hydrogen-bond donors (Lipinski definition) is 1. The lowest BCUT2D eigenvalue weighted by Crippen LogP contribution is -2.02. The summed E-state index contributed by atoms with van der Waals surface area (Å²) < 4.78 is 14.3. The molecule has 0 unspecified atom stereocenters. The van der Waals surface area contributed by atoms with Crippen LogP contribution in [0.1, 0.15) is 6.92 Å². The van der Waals surface area contributed by atoms with Crippen molar-refractivity contribution in [3.8, 4) is 0 Å². The van der Waals surface area contributed by atoms with Gasteiger partial charge in [-0.15, -0.1) is 0 Å². The lowest BCUT2D eigenvalue weighted by atomic mass is 10.3. The molecule has 94 valence electrons. The van der Waals surface area contributed by atoms with E-state index in [0.29, 0.717) is 15.9 Å². The van der Waals surface area contributed by atoms with Crippen LogP contribution < -0.4 is 5.32 Å². The Hall–Kier alpha value is -1.14. The molecule has 2 aromatic rings. The highest BCUT2D eigenvalue weighted by atomic mass is 79.9. The van der Waals surface area contributed by atoms with Gasteiger partial charge in [0.25, 0.3) is 0 Å². The van der Waals surface area contributed by atoms with Crippen molar-refractivity contribution in [3.63, 3.8) is 0 Å². The minimum absolute atomic E-state index is 0.252. The minimum atomic E-state index is -0.252. The van der Waals surface area contributed by atoms with E-state index in [0.717, 1.165) is 11.0 Å². The first-order chi connectivity index (χ1) is 8.70. The molecule has 0 saturated heterocycles. The fourth-order valence-electron chi connectivity index (χ4n) is 1.30. The number of rotatable bonds is 4. The summed E-state index contributed by atoms with van der Waals surface area (Å²) >= 11 is 4.64. The molecule has 0 aliphatic heterocycles. The standard InChI is InChI=1S/C12H11BrFN3S/c1-2-15-12-16-7-8(13)11(17-12)18-10-6-4-3-5-9(10)14/h3-7H,2H2,1H3,(H,15,16,17). The Bertz CT molecular complexity index is 551. The lowest BCUT2D eigenvalue weighted by molar-refractivity contribution is 0.602. The molecule has 0 aliphatic rings. The van der Waals surface area contributed by atoms with Gasteiger partial charge in [-0.3, -0.25) is 0 Å². The molecule has 1 aromatic carbocycles. The highest BCUT2D eigenvalue weighted by molar-refractivity contribution is 9.10. The van der Waals surface area contributed by atoms with Gasteiger partial charge in [0.1, 0.15) is 10.8 Å². The van der Waals surface area contributed by atoms with Gasteiger partial charge in [-0.1, -0.05) is 23.9 Å². The van der Waals surface area contributed by atoms with Crippen molar-refractivity contribution < 1.29 is 4.39 Å². The molecule has 0 amide bonds. The SMILES string of the molecule is CCNc1ncc(Br)c(Sc2ccccc2F)n1. The molecule has 1 aromatic heterocycles. The Labute approximate surface area is 117 Å². The second-order valence-corrected chi connectivity index (χ2v) is 5.29. The molecule has 0 atom stereocenters. The number of hydrogen-bond acceptors (Lipinski definition) is 4. The summed E-state index contributed by atoms with van der Waals surface area (Å²) in [5.74, 6) is 0.289. The average Bonchev–Trinajstić information content (AvgIpc) is 2.36. The Morgan fingerprint density at radius 1 is 1.39 bits per heavy atom. The van der Waals surface area contributed by atoms with Gasteiger partial charge in [-0.05, 0) is 35.0 Å². The van der Waals surface area contributed by atoms with E-state index in [2.05, 4.69) is 31.2 Å². The monoisotopic (exact) mass is 327 g/mol. The molecule has 0 spiro atoms. The first kappa shape index (κ1) is 13.3. The third kappa shape index (κ3) is 3.20. The van der Waals surface area contributed by atoms with E-state index in [9.17, 15) is 4.39 Å². The summed E-state index contributed by atoms with van der Waals surface area (Å²) in [7, 11) is 0. The Kier molecular flexibility index (Phi) is 4.54. The first-order valence-corrected chi connectivity index (χ1v) is 7.00. The molecular weight excluding hydrogens is 317 g/mol. The van der Waals surface area contributed by atoms with E-state index in [4.69, 9.17) is 0 Å². The molecule has 2 rings (SSSR count). The van der Waals surface area contributed by atoms with E-state index in [1.165, 1.54) is 17.8 Å². The number of benzene rings is 1. The first-order valence-electron chi connectivity index (χ1n) is 5.39. The number of nitrogens with one attached hydrogen (secondary N) is 1. The van der Waals surface area contributed by atoms with Crippen LogP contribution in [0.15, 0.2) is 44.9 Å². The van der Waals surface area contributed by atoms with Crippen LogP contribution in [0.25, 0.3) is 0 Å². The largest absolute Gasteiger partial charge is 0.354 e. The zero-order valence-corrected chi connectivity index (χ0v) is 12.1. The molecule has 18 heavy (non-hydrogen) atoms. The normalized spacial score (nSPS) is 10.4. The topological polar surface area (TPSA) is 37.8 Å². The molecule has 0 radical (unpaired) electrons. The summed E-state index contributed by atoms with van der Waals surface area (Å²) in [6.45, 7) is 2.71. The maximum atomic E-state index is 13.6. The van der Waals surface area contributed by atoms with E-state index in [1.807, 2.05) is 6.92 Å². The Morgan fingerprint density at radius 2 is 2.17 bits per heavy atom. The van der Waals surface area contributed by atoms with Crippen molar-refractivity contribution in [2.45, 2.75) is 16.8 Å². The van der Waals surface area contributed by atoms with Crippen LogP contribution in [-0.2, 0) is 0 Å². The van der Waals surface area contributed by atoms with Crippen LogP contribution in [-0.4, -0.2) is 16.5 Å². The highest BCUT2D eigenvalue weighted by Gasteiger charge is 2.09. The van der Waals surface area contributed by atoms with Gasteiger partial charge in [0.15, 0.2) is 0 Å². The van der Waals surface area contributed by atoms with Crippen LogP contribution in [0.3, 0.4) is 0 Å². The van der Waals surface area contributed by atoms with Gasteiger partial charge in [0.05, 0.1) is 4.47 Å². The smallest absolute Gasteiger partial charge is 0.223 e. The molecule has 6 heteroatoms. The van der Waals surface area contributed by atoms with E-state index < -0.39 is 0 Å². The average molecular weight is 328 g/mol. The van der Waals surface area contributed by atoms with Crippen molar-refractivity contribution in [3.05, 3.63) is 40.8 Å². The third-order valence-electron chi connectivity index (χ3n) is 2.09. The van der Waals surface area contributed by atoms with Crippen molar-refractivity contribution in [2.75, 3.05) is 11.9 Å². The van der Waals surface area contributed by atoms with E-state index in [-0.39, 0.29) is 5.82 Å². The molecule has 0 fully saturated rings. The van der Waals surface area contributed by atoms with Crippen LogP contribution in [0.4, 0.5) is 10.3 Å². The van der Waals surface area contributed by atoms with Crippen molar-refractivity contribution >= 4 is 33.6 Å². The van der Waals surface area contributed by atoms with E-state index in [1.54, 1.807) is 24.4 Å². The molecular formula is C12H11BrFN3S. The Morgan fingerprint density at radius 3 is 2.89 bits per heavy atom. The molecule has 0 bridgehead atoms. The molecule has 3 nitrogen and oxygen atoms in total. The maximum Gasteiger partial charge on any atom is 0.223 e. The molecule has 1 heterocycles. The zero-order valence-electron chi connectivity index (χ0n) is 9.65. The summed E-state index contributed by atoms with van der Waals surface area (Å²) in [5.41, 5.74) is 0. The van der Waals surface area contributed by atoms with Crippen LogP contribution >= 0.6 is 27.7 Å². The third-order valence-corrected chi connectivity index (χ3v) is 3.99. The fourth-order valence-corrected chi connectivity index (χ4v) is 2.53. The summed E-state index contributed by atoms with van der Waals surface area (Å²) in [4.78, 5) is 8.98. The van der Waals surface area contributed by atoms with Crippen molar-refractivity contribution in [1.82, 2.24) is 9.97 Å². The molecule has 0 aliphatic carbocycles. The fraction of sp³-hybridized carbons (Fsp3) is 0.167. The zero-order chi connectivity index (χ0) is 13.0. The molecule has 0 saturated carbocycles. The van der Waals surface area contributed by atoms with Gasteiger partial charge in [0.2, 0.25) is 5.95 Å². The van der Waals surface area contributed by atoms with Gasteiger partial charge in [0, 0.05) is 17.6 Å². The summed E-state index contributed by atoms with van der Waals surface area (Å²) in [5, 5.41) is 3.71. The lowest BCUT2D eigenvalue weighted by Gasteiger charge is -2.07.